The van der Waals surface area contributed by atoms with E-state index in [4.69, 9.17) is 11.6 Å². The van der Waals surface area contributed by atoms with Gasteiger partial charge in [0.25, 0.3) is 0 Å². The zero-order valence-electron chi connectivity index (χ0n) is 16.1. The fourth-order valence-electron chi connectivity index (χ4n) is 2.57. The molecule has 0 fully saturated rings. The van der Waals surface area contributed by atoms with Crippen LogP contribution in [0.15, 0.2) is 52.8 Å². The van der Waals surface area contributed by atoms with Crippen LogP contribution < -0.4 is 16.0 Å². The summed E-state index contributed by atoms with van der Waals surface area (Å²) < 4.78 is 0. The highest BCUT2D eigenvalue weighted by Crippen LogP contribution is 2.14. The molecule has 9 heteroatoms. The van der Waals surface area contributed by atoms with E-state index in [9.17, 15) is 4.79 Å². The zero-order valence-corrected chi connectivity index (χ0v) is 17.6. The molecule has 0 aliphatic rings. The second kappa shape index (κ2) is 9.99. The van der Waals surface area contributed by atoms with Crippen LogP contribution in [0.3, 0.4) is 0 Å². The van der Waals surface area contributed by atoms with Gasteiger partial charge in [-0.05, 0) is 49.6 Å². The number of nitrogens with one attached hydrogen (secondary N) is 3. The third kappa shape index (κ3) is 6.85. The van der Waals surface area contributed by atoms with E-state index >= 15 is 0 Å². The number of carbonyl (C=O) groups excluding carboxylic acids is 1. The lowest BCUT2D eigenvalue weighted by atomic mass is 10.3. The lowest BCUT2D eigenvalue weighted by molar-refractivity contribution is 0.256. The smallest absolute Gasteiger partial charge is 0.308 e. The van der Waals surface area contributed by atoms with Crippen molar-refractivity contribution in [3.05, 3.63) is 69.1 Å². The summed E-state index contributed by atoms with van der Waals surface area (Å²) in [4.78, 5) is 26.8. The lowest BCUT2D eigenvalue weighted by Crippen LogP contribution is -2.39. The Hall–Kier alpha value is -2.97. The number of halogens is 1. The Kier molecular flexibility index (Phi) is 7.15. The summed E-state index contributed by atoms with van der Waals surface area (Å²) in [5, 5.41) is 11.0. The molecule has 0 radical (unpaired) electrons. The summed E-state index contributed by atoms with van der Waals surface area (Å²) in [6, 6.07) is 12.4. The van der Waals surface area contributed by atoms with Gasteiger partial charge in [-0.2, -0.15) is 0 Å². The van der Waals surface area contributed by atoms with Crippen LogP contribution in [-0.2, 0) is 6.42 Å². The van der Waals surface area contributed by atoms with Crippen LogP contribution in [0.4, 0.5) is 16.4 Å². The molecule has 7 nitrogen and oxygen atoms in total. The lowest BCUT2D eigenvalue weighted by Gasteiger charge is -2.12. The van der Waals surface area contributed by atoms with Crippen molar-refractivity contribution in [2.45, 2.75) is 20.3 Å². The Morgan fingerprint density at radius 1 is 1.10 bits per heavy atom. The molecular weight excluding hydrogens is 408 g/mol. The van der Waals surface area contributed by atoms with Crippen LogP contribution in [0, 0.1) is 13.8 Å². The molecule has 0 spiro atoms. The molecule has 3 N–H and O–H groups in total. The highest BCUT2D eigenvalue weighted by molar-refractivity contribution is 7.09. The third-order valence-electron chi connectivity index (χ3n) is 3.74. The largest absolute Gasteiger partial charge is 0.326 e. The quantitative estimate of drug-likeness (QED) is 0.407. The number of carbonyl (C=O) groups is 1. The molecule has 2 heterocycles. The Bertz CT molecular complexity index is 986. The second-order valence-electron chi connectivity index (χ2n) is 6.25. The minimum Gasteiger partial charge on any atom is -0.308 e. The van der Waals surface area contributed by atoms with E-state index in [-0.39, 0.29) is 5.96 Å². The van der Waals surface area contributed by atoms with Crippen LogP contribution in [-0.4, -0.2) is 28.5 Å². The summed E-state index contributed by atoms with van der Waals surface area (Å²) in [6.45, 7) is 4.27. The van der Waals surface area contributed by atoms with Gasteiger partial charge < -0.3 is 5.32 Å². The maximum atomic E-state index is 12.4. The van der Waals surface area contributed by atoms with Gasteiger partial charge in [0.1, 0.15) is 0 Å². The van der Waals surface area contributed by atoms with Gasteiger partial charge in [-0.25, -0.2) is 14.8 Å². The van der Waals surface area contributed by atoms with Gasteiger partial charge in [0.15, 0.2) is 0 Å². The van der Waals surface area contributed by atoms with Gasteiger partial charge in [-0.1, -0.05) is 23.7 Å². The monoisotopic (exact) mass is 428 g/mol. The fourth-order valence-corrected chi connectivity index (χ4v) is 3.46. The van der Waals surface area contributed by atoms with Crippen molar-refractivity contribution < 1.29 is 4.79 Å². The molecule has 0 atom stereocenters. The van der Waals surface area contributed by atoms with Gasteiger partial charge >= 0.3 is 6.03 Å². The number of nitrogens with zero attached hydrogens (tertiary/aromatic N) is 3. The van der Waals surface area contributed by atoms with E-state index < -0.39 is 6.03 Å². The van der Waals surface area contributed by atoms with Crippen LogP contribution in [0.2, 0.25) is 5.02 Å². The number of aromatic nitrogens is 2. The third-order valence-corrected chi connectivity index (χ3v) is 4.91. The Morgan fingerprint density at radius 2 is 1.90 bits per heavy atom. The minimum absolute atomic E-state index is 0.270. The fraction of sp³-hybridized carbons (Fsp3) is 0.200. The Labute approximate surface area is 178 Å². The van der Waals surface area contributed by atoms with Crippen molar-refractivity contribution in [3.63, 3.8) is 0 Å². The number of rotatable bonds is 5. The highest BCUT2D eigenvalue weighted by Gasteiger charge is 2.09. The van der Waals surface area contributed by atoms with Crippen LogP contribution in [0.5, 0.6) is 0 Å². The standard InChI is InChI=1S/C20H21ClN6OS/c1-13-11-14(2)24-19(23-13)26-18(22-9-8-17-7-4-10-29-17)27-20(28)25-16-6-3-5-15(21)12-16/h3-7,10-12H,8-9H2,1-2H3,(H3,22,23,24,25,26,27,28). The van der Waals surface area contributed by atoms with E-state index in [1.807, 2.05) is 31.4 Å². The number of thiophene rings is 1. The molecule has 0 aliphatic heterocycles. The average molecular weight is 429 g/mol. The number of aryl methyl sites for hydroxylation is 2. The first-order valence-electron chi connectivity index (χ1n) is 8.97. The van der Waals surface area contributed by atoms with Gasteiger partial charge in [-0.15, -0.1) is 11.3 Å². The summed E-state index contributed by atoms with van der Waals surface area (Å²) in [5.41, 5.74) is 2.22. The summed E-state index contributed by atoms with van der Waals surface area (Å²) in [7, 11) is 0. The molecular formula is C20H21ClN6OS. The van der Waals surface area contributed by atoms with E-state index in [1.54, 1.807) is 35.6 Å². The number of urea groups is 1. The number of benzene rings is 1. The minimum atomic E-state index is -0.445. The number of anilines is 2. The number of aliphatic imine (C=N–C) groups is 1. The van der Waals surface area contributed by atoms with Crippen molar-refractivity contribution in [1.29, 1.82) is 0 Å². The van der Waals surface area contributed by atoms with Gasteiger partial charge in [0.05, 0.1) is 0 Å². The van der Waals surface area contributed by atoms with E-state index in [0.717, 1.165) is 17.8 Å². The van der Waals surface area contributed by atoms with Crippen molar-refractivity contribution in [1.82, 2.24) is 15.3 Å². The predicted octanol–water partition coefficient (Wildman–Crippen LogP) is 4.64. The number of amides is 2. The van der Waals surface area contributed by atoms with Gasteiger partial charge in [0.2, 0.25) is 11.9 Å². The van der Waals surface area contributed by atoms with Gasteiger partial charge in [-0.3, -0.25) is 15.6 Å². The van der Waals surface area contributed by atoms with Crippen molar-refractivity contribution in [2.24, 2.45) is 4.99 Å². The molecule has 0 saturated carbocycles. The first kappa shape index (κ1) is 20.8. The van der Waals surface area contributed by atoms with Crippen molar-refractivity contribution in [3.8, 4) is 0 Å². The molecule has 150 valence electrons. The maximum Gasteiger partial charge on any atom is 0.326 e. The first-order valence-corrected chi connectivity index (χ1v) is 10.2. The maximum absolute atomic E-state index is 12.4. The molecule has 3 rings (SSSR count). The molecule has 0 unspecified atom stereocenters. The summed E-state index contributed by atoms with van der Waals surface area (Å²) in [5.74, 6) is 0.645. The molecule has 0 aliphatic carbocycles. The number of hydrogen-bond donors (Lipinski definition) is 3. The summed E-state index contributed by atoms with van der Waals surface area (Å²) >= 11 is 7.64. The first-order chi connectivity index (χ1) is 14.0. The topological polar surface area (TPSA) is 91.3 Å². The normalized spacial score (nSPS) is 11.2. The van der Waals surface area contributed by atoms with Gasteiger partial charge in [0, 0.05) is 39.9 Å². The van der Waals surface area contributed by atoms with Crippen molar-refractivity contribution >= 4 is 46.6 Å². The Morgan fingerprint density at radius 3 is 2.59 bits per heavy atom. The summed E-state index contributed by atoms with van der Waals surface area (Å²) in [6.07, 6.45) is 0.772. The molecule has 29 heavy (non-hydrogen) atoms. The van der Waals surface area contributed by atoms with Crippen LogP contribution in [0.25, 0.3) is 0 Å². The van der Waals surface area contributed by atoms with E-state index in [0.29, 0.717) is 23.2 Å². The van der Waals surface area contributed by atoms with E-state index in [1.165, 1.54) is 4.88 Å². The second-order valence-corrected chi connectivity index (χ2v) is 7.72. The SMILES string of the molecule is Cc1cc(C)nc(NC(=NCCc2cccs2)NC(=O)Nc2cccc(Cl)c2)n1. The number of guanidine groups is 1. The molecule has 2 aromatic heterocycles. The highest BCUT2D eigenvalue weighted by atomic mass is 35.5. The van der Waals surface area contributed by atoms with Crippen molar-refractivity contribution in [2.75, 3.05) is 17.2 Å². The average Bonchev–Trinajstić information content (AvgIpc) is 3.14. The predicted molar refractivity (Wildman–Crippen MR) is 119 cm³/mol. The van der Waals surface area contributed by atoms with E-state index in [2.05, 4.69) is 37.0 Å². The molecule has 0 bridgehead atoms. The van der Waals surface area contributed by atoms with Crippen LogP contribution in [0.1, 0.15) is 16.3 Å². The van der Waals surface area contributed by atoms with Crippen LogP contribution >= 0.6 is 22.9 Å². The number of hydrogen-bond acceptors (Lipinski definition) is 5. The molecule has 1 aromatic carbocycles. The molecule has 3 aromatic rings. The zero-order chi connectivity index (χ0) is 20.6. The Balaban J connectivity index is 1.71. The molecule has 2 amide bonds. The molecule has 0 saturated heterocycles.